The lowest BCUT2D eigenvalue weighted by Crippen LogP contribution is -2.35. The Morgan fingerprint density at radius 3 is 2.59 bits per heavy atom. The SMILES string of the molecule is CCc1c(C)sc2[nH]c(=O)n(CCCOc3ccc(C(=O)O)cc3)c(=O)c12. The summed E-state index contributed by atoms with van der Waals surface area (Å²) in [7, 11) is 0. The van der Waals surface area contributed by atoms with Gasteiger partial charge in [-0.05, 0) is 49.6 Å². The lowest BCUT2D eigenvalue weighted by molar-refractivity contribution is 0.0697. The predicted molar refractivity (Wildman–Crippen MR) is 104 cm³/mol. The zero-order valence-electron chi connectivity index (χ0n) is 15.1. The first kappa shape index (κ1) is 18.9. The fourth-order valence-electron chi connectivity index (χ4n) is 3.02. The molecule has 0 amide bonds. The average molecular weight is 388 g/mol. The van der Waals surface area contributed by atoms with Crippen LogP contribution in [0, 0.1) is 6.92 Å². The summed E-state index contributed by atoms with van der Waals surface area (Å²) in [4.78, 5) is 40.3. The molecule has 0 atom stereocenters. The van der Waals surface area contributed by atoms with Gasteiger partial charge in [0.25, 0.3) is 5.56 Å². The minimum absolute atomic E-state index is 0.187. The van der Waals surface area contributed by atoms with E-state index in [0.29, 0.717) is 29.0 Å². The van der Waals surface area contributed by atoms with Crippen LogP contribution in [0.5, 0.6) is 5.75 Å². The van der Waals surface area contributed by atoms with Crippen LogP contribution in [0.2, 0.25) is 0 Å². The van der Waals surface area contributed by atoms with Crippen LogP contribution in [0.15, 0.2) is 33.9 Å². The van der Waals surface area contributed by atoms with E-state index in [1.807, 2.05) is 13.8 Å². The van der Waals surface area contributed by atoms with Crippen LogP contribution in [0.1, 0.15) is 34.1 Å². The molecule has 0 aliphatic carbocycles. The number of nitrogens with one attached hydrogen (secondary N) is 1. The molecule has 2 aromatic heterocycles. The number of aromatic nitrogens is 2. The van der Waals surface area contributed by atoms with E-state index in [0.717, 1.165) is 16.9 Å². The number of nitrogens with zero attached hydrogens (tertiary/aromatic N) is 1. The van der Waals surface area contributed by atoms with Crippen molar-refractivity contribution in [2.24, 2.45) is 0 Å². The Labute approximate surface area is 158 Å². The van der Waals surface area contributed by atoms with Crippen molar-refractivity contribution in [2.45, 2.75) is 33.2 Å². The van der Waals surface area contributed by atoms with E-state index in [-0.39, 0.29) is 17.7 Å². The van der Waals surface area contributed by atoms with Gasteiger partial charge in [-0.15, -0.1) is 11.3 Å². The number of fused-ring (bicyclic) bond motifs is 1. The van der Waals surface area contributed by atoms with Crippen LogP contribution in [-0.4, -0.2) is 27.2 Å². The standard InChI is InChI=1S/C19H20N2O5S/c1-3-14-11(2)27-16-15(14)17(22)21(19(25)20-16)9-4-10-26-13-7-5-12(6-8-13)18(23)24/h5-8H,3-4,9-10H2,1-2H3,(H,20,25)(H,23,24). The normalized spacial score (nSPS) is 11.0. The van der Waals surface area contributed by atoms with E-state index in [9.17, 15) is 14.4 Å². The minimum Gasteiger partial charge on any atom is -0.494 e. The molecule has 0 bridgehead atoms. The fraction of sp³-hybridized carbons (Fsp3) is 0.316. The predicted octanol–water partition coefficient (Wildman–Crippen LogP) is 2.79. The van der Waals surface area contributed by atoms with Gasteiger partial charge >= 0.3 is 11.7 Å². The third kappa shape index (κ3) is 3.80. The first-order valence-electron chi connectivity index (χ1n) is 8.63. The number of thiophene rings is 1. The Kier molecular flexibility index (Phi) is 5.46. The second kappa shape index (κ2) is 7.79. The largest absolute Gasteiger partial charge is 0.494 e. The van der Waals surface area contributed by atoms with Crippen LogP contribution in [-0.2, 0) is 13.0 Å². The molecule has 2 heterocycles. The van der Waals surface area contributed by atoms with Gasteiger partial charge in [-0.1, -0.05) is 6.92 Å². The van der Waals surface area contributed by atoms with Crippen LogP contribution in [0.3, 0.4) is 0 Å². The average Bonchev–Trinajstić information content (AvgIpc) is 2.96. The number of aromatic carboxylic acids is 1. The number of aryl methyl sites for hydroxylation is 2. The number of benzene rings is 1. The Morgan fingerprint density at radius 2 is 1.96 bits per heavy atom. The molecule has 1 aromatic carbocycles. The molecule has 0 saturated heterocycles. The molecule has 0 radical (unpaired) electrons. The van der Waals surface area contributed by atoms with E-state index in [2.05, 4.69) is 4.98 Å². The van der Waals surface area contributed by atoms with Crippen molar-refractivity contribution >= 4 is 27.5 Å². The van der Waals surface area contributed by atoms with E-state index in [1.165, 1.54) is 28.0 Å². The molecule has 27 heavy (non-hydrogen) atoms. The first-order valence-corrected chi connectivity index (χ1v) is 9.45. The van der Waals surface area contributed by atoms with E-state index < -0.39 is 11.7 Å². The number of hydrogen-bond donors (Lipinski definition) is 2. The number of carboxylic acids is 1. The van der Waals surface area contributed by atoms with E-state index in [1.54, 1.807) is 12.1 Å². The van der Waals surface area contributed by atoms with Gasteiger partial charge in [0.2, 0.25) is 0 Å². The molecule has 0 aliphatic heterocycles. The van der Waals surface area contributed by atoms with Crippen molar-refractivity contribution in [2.75, 3.05) is 6.61 Å². The number of aromatic amines is 1. The summed E-state index contributed by atoms with van der Waals surface area (Å²) in [5.41, 5.74) is 0.495. The second-order valence-electron chi connectivity index (χ2n) is 6.11. The van der Waals surface area contributed by atoms with Crippen molar-refractivity contribution in [3.63, 3.8) is 0 Å². The molecule has 0 unspecified atom stereocenters. The molecular formula is C19H20N2O5S. The Hall–Kier alpha value is -2.87. The van der Waals surface area contributed by atoms with Gasteiger partial charge in [0, 0.05) is 11.4 Å². The summed E-state index contributed by atoms with van der Waals surface area (Å²) in [5, 5.41) is 9.48. The zero-order chi connectivity index (χ0) is 19.6. The molecule has 0 aliphatic rings. The lowest BCUT2D eigenvalue weighted by atomic mass is 10.1. The number of ether oxygens (including phenoxy) is 1. The summed E-state index contributed by atoms with van der Waals surface area (Å²) in [6, 6.07) is 6.09. The van der Waals surface area contributed by atoms with Gasteiger partial charge < -0.3 is 9.84 Å². The summed E-state index contributed by atoms with van der Waals surface area (Å²) in [6.07, 6.45) is 1.21. The number of hydrogen-bond acceptors (Lipinski definition) is 5. The molecule has 0 fully saturated rings. The highest BCUT2D eigenvalue weighted by molar-refractivity contribution is 7.18. The molecule has 7 nitrogen and oxygen atoms in total. The zero-order valence-corrected chi connectivity index (χ0v) is 15.9. The van der Waals surface area contributed by atoms with Gasteiger partial charge in [-0.2, -0.15) is 0 Å². The maximum absolute atomic E-state index is 12.8. The fourth-order valence-corrected chi connectivity index (χ4v) is 4.15. The molecule has 0 saturated carbocycles. The third-order valence-corrected chi connectivity index (χ3v) is 5.45. The van der Waals surface area contributed by atoms with Gasteiger partial charge in [-0.25, -0.2) is 9.59 Å². The van der Waals surface area contributed by atoms with Gasteiger partial charge in [-0.3, -0.25) is 14.3 Å². The van der Waals surface area contributed by atoms with E-state index >= 15 is 0 Å². The van der Waals surface area contributed by atoms with Crippen molar-refractivity contribution in [1.82, 2.24) is 9.55 Å². The highest BCUT2D eigenvalue weighted by atomic mass is 32.1. The topological polar surface area (TPSA) is 101 Å². The highest BCUT2D eigenvalue weighted by Gasteiger charge is 2.15. The van der Waals surface area contributed by atoms with Gasteiger partial charge in [0.15, 0.2) is 0 Å². The lowest BCUT2D eigenvalue weighted by Gasteiger charge is -2.08. The Bertz CT molecular complexity index is 1090. The molecule has 0 spiro atoms. The molecule has 8 heteroatoms. The summed E-state index contributed by atoms with van der Waals surface area (Å²) < 4.78 is 6.77. The van der Waals surface area contributed by atoms with Gasteiger partial charge in [0.05, 0.1) is 17.6 Å². The molecule has 3 rings (SSSR count). The first-order chi connectivity index (χ1) is 12.9. The van der Waals surface area contributed by atoms with Gasteiger partial charge in [0.1, 0.15) is 10.6 Å². The molecular weight excluding hydrogens is 368 g/mol. The van der Waals surface area contributed by atoms with Crippen LogP contribution in [0.4, 0.5) is 0 Å². The van der Waals surface area contributed by atoms with Crippen LogP contribution < -0.4 is 16.0 Å². The maximum Gasteiger partial charge on any atom is 0.335 e. The molecule has 3 aromatic rings. The quantitative estimate of drug-likeness (QED) is 0.606. The summed E-state index contributed by atoms with van der Waals surface area (Å²) >= 11 is 1.43. The molecule has 142 valence electrons. The number of H-pyrrole nitrogens is 1. The third-order valence-electron chi connectivity index (χ3n) is 4.38. The van der Waals surface area contributed by atoms with Crippen molar-refractivity contribution in [3.8, 4) is 5.75 Å². The Morgan fingerprint density at radius 1 is 1.26 bits per heavy atom. The van der Waals surface area contributed by atoms with Crippen LogP contribution >= 0.6 is 11.3 Å². The second-order valence-corrected chi connectivity index (χ2v) is 7.34. The van der Waals surface area contributed by atoms with Crippen LogP contribution in [0.25, 0.3) is 10.2 Å². The summed E-state index contributed by atoms with van der Waals surface area (Å²) in [5.74, 6) is -0.455. The van der Waals surface area contributed by atoms with E-state index in [4.69, 9.17) is 9.84 Å². The Balaban J connectivity index is 1.71. The van der Waals surface area contributed by atoms with Crippen molar-refractivity contribution in [3.05, 3.63) is 61.1 Å². The molecule has 2 N–H and O–H groups in total. The number of rotatable bonds is 7. The number of carboxylic acid groups (broad SMARTS) is 1. The monoisotopic (exact) mass is 388 g/mol. The minimum atomic E-state index is -0.995. The smallest absolute Gasteiger partial charge is 0.335 e. The van der Waals surface area contributed by atoms with Crippen molar-refractivity contribution in [1.29, 1.82) is 0 Å². The highest BCUT2D eigenvalue weighted by Crippen LogP contribution is 2.26. The van der Waals surface area contributed by atoms with Crippen molar-refractivity contribution < 1.29 is 14.6 Å². The summed E-state index contributed by atoms with van der Waals surface area (Å²) in [6.45, 7) is 4.50. The maximum atomic E-state index is 12.8. The number of carbonyl (C=O) groups is 1.